The molecule has 0 spiro atoms. The lowest BCUT2D eigenvalue weighted by Crippen LogP contribution is -2.47. The first-order valence-corrected chi connectivity index (χ1v) is 9.74. The van der Waals surface area contributed by atoms with Crippen molar-refractivity contribution in [3.63, 3.8) is 0 Å². The Morgan fingerprint density at radius 3 is 2.36 bits per heavy atom. The van der Waals surface area contributed by atoms with Crippen molar-refractivity contribution in [2.75, 3.05) is 19.6 Å². The zero-order chi connectivity index (χ0) is 17.5. The van der Waals surface area contributed by atoms with Crippen molar-refractivity contribution in [1.82, 2.24) is 15.5 Å². The van der Waals surface area contributed by atoms with E-state index in [4.69, 9.17) is 5.11 Å². The fourth-order valence-electron chi connectivity index (χ4n) is 4.07. The third kappa shape index (κ3) is 5.44. The molecule has 0 unspecified atom stereocenters. The van der Waals surface area contributed by atoms with Crippen LogP contribution in [0.2, 0.25) is 0 Å². The van der Waals surface area contributed by atoms with E-state index in [2.05, 4.69) is 41.0 Å². The lowest BCUT2D eigenvalue weighted by molar-refractivity contribution is 0.127. The van der Waals surface area contributed by atoms with Crippen LogP contribution in [0.5, 0.6) is 0 Å². The molecular weight excluding hydrogens is 314 g/mol. The SMILES string of the molecule is O=C(O)N1CCC(N[C@@H](CNC2CCCCC2)c2ccccc2)CC1. The third-order valence-electron chi connectivity index (χ3n) is 5.62. The van der Waals surface area contributed by atoms with Crippen LogP contribution in [0.25, 0.3) is 0 Å². The normalized spacial score (nSPS) is 21.2. The second-order valence-electron chi connectivity index (χ2n) is 7.42. The standard InChI is InChI=1S/C20H31N3O2/c24-20(25)23-13-11-18(12-14-23)22-19(16-7-3-1-4-8-16)15-21-17-9-5-2-6-10-17/h1,3-4,7-8,17-19,21-22H,2,5-6,9-15H2,(H,24,25)/t19-/m0/s1. The third-order valence-corrected chi connectivity index (χ3v) is 5.62. The summed E-state index contributed by atoms with van der Waals surface area (Å²) in [6.45, 7) is 2.20. The number of hydrogen-bond acceptors (Lipinski definition) is 3. The van der Waals surface area contributed by atoms with E-state index in [0.717, 1.165) is 19.4 Å². The molecule has 1 aromatic rings. The van der Waals surface area contributed by atoms with Crippen LogP contribution in [0.15, 0.2) is 30.3 Å². The molecule has 1 saturated heterocycles. The lowest BCUT2D eigenvalue weighted by Gasteiger charge is -2.34. The van der Waals surface area contributed by atoms with Crippen molar-refractivity contribution in [3.05, 3.63) is 35.9 Å². The number of carbonyl (C=O) groups is 1. The van der Waals surface area contributed by atoms with Gasteiger partial charge in [-0.2, -0.15) is 0 Å². The van der Waals surface area contributed by atoms with Crippen LogP contribution < -0.4 is 10.6 Å². The summed E-state index contributed by atoms with van der Waals surface area (Å²) in [6.07, 6.45) is 7.62. The van der Waals surface area contributed by atoms with Gasteiger partial charge in [0.15, 0.2) is 0 Å². The van der Waals surface area contributed by atoms with Gasteiger partial charge in [-0.15, -0.1) is 0 Å². The van der Waals surface area contributed by atoms with Crippen molar-refractivity contribution < 1.29 is 9.90 Å². The summed E-state index contributed by atoms with van der Waals surface area (Å²) < 4.78 is 0. The Labute approximate surface area is 150 Å². The molecule has 0 radical (unpaired) electrons. The highest BCUT2D eigenvalue weighted by molar-refractivity contribution is 5.65. The molecule has 1 atom stereocenters. The van der Waals surface area contributed by atoms with Crippen molar-refractivity contribution in [2.24, 2.45) is 0 Å². The van der Waals surface area contributed by atoms with Crippen molar-refractivity contribution in [2.45, 2.75) is 63.1 Å². The monoisotopic (exact) mass is 345 g/mol. The number of nitrogens with zero attached hydrogens (tertiary/aromatic N) is 1. The quantitative estimate of drug-likeness (QED) is 0.739. The average Bonchev–Trinajstić information content (AvgIpc) is 2.67. The minimum Gasteiger partial charge on any atom is -0.465 e. The highest BCUT2D eigenvalue weighted by atomic mass is 16.4. The molecule has 5 nitrogen and oxygen atoms in total. The summed E-state index contributed by atoms with van der Waals surface area (Å²) in [5, 5.41) is 16.7. The Kier molecular flexibility index (Phi) is 6.70. The molecule has 1 saturated carbocycles. The maximum Gasteiger partial charge on any atom is 0.407 e. The van der Waals surface area contributed by atoms with Crippen LogP contribution in [0.3, 0.4) is 0 Å². The molecule has 0 aromatic heterocycles. The molecule has 3 rings (SSSR count). The van der Waals surface area contributed by atoms with E-state index in [0.29, 0.717) is 25.2 Å². The van der Waals surface area contributed by atoms with Crippen LogP contribution in [0.1, 0.15) is 56.6 Å². The van der Waals surface area contributed by atoms with Gasteiger partial charge in [0.05, 0.1) is 0 Å². The predicted molar refractivity (Wildman–Crippen MR) is 99.8 cm³/mol. The average molecular weight is 345 g/mol. The summed E-state index contributed by atoms with van der Waals surface area (Å²) >= 11 is 0. The molecular formula is C20H31N3O2. The summed E-state index contributed by atoms with van der Waals surface area (Å²) in [4.78, 5) is 12.6. The van der Waals surface area contributed by atoms with Crippen LogP contribution >= 0.6 is 0 Å². The fraction of sp³-hybridized carbons (Fsp3) is 0.650. The number of piperidine rings is 1. The second-order valence-corrected chi connectivity index (χ2v) is 7.42. The van der Waals surface area contributed by atoms with E-state index in [-0.39, 0.29) is 6.04 Å². The van der Waals surface area contributed by atoms with Gasteiger partial charge in [0, 0.05) is 37.8 Å². The molecule has 1 amide bonds. The first-order valence-electron chi connectivity index (χ1n) is 9.74. The Hall–Kier alpha value is -1.59. The molecule has 1 aliphatic carbocycles. The first-order chi connectivity index (χ1) is 12.2. The summed E-state index contributed by atoms with van der Waals surface area (Å²) in [7, 11) is 0. The Morgan fingerprint density at radius 1 is 1.04 bits per heavy atom. The minimum atomic E-state index is -0.794. The Balaban J connectivity index is 1.56. The second kappa shape index (κ2) is 9.20. The van der Waals surface area contributed by atoms with Crippen LogP contribution in [-0.2, 0) is 0 Å². The summed E-state index contributed by atoms with van der Waals surface area (Å²) in [6, 6.07) is 11.9. The van der Waals surface area contributed by atoms with Gasteiger partial charge in [-0.05, 0) is 31.2 Å². The molecule has 3 N–H and O–H groups in total. The van der Waals surface area contributed by atoms with Gasteiger partial charge in [-0.25, -0.2) is 4.79 Å². The topological polar surface area (TPSA) is 64.6 Å². The van der Waals surface area contributed by atoms with E-state index in [1.165, 1.54) is 42.6 Å². The van der Waals surface area contributed by atoms with Crippen LogP contribution in [0.4, 0.5) is 4.79 Å². The molecule has 25 heavy (non-hydrogen) atoms. The predicted octanol–water partition coefficient (Wildman–Crippen LogP) is 3.38. The van der Waals surface area contributed by atoms with Gasteiger partial charge in [0.1, 0.15) is 0 Å². The zero-order valence-electron chi connectivity index (χ0n) is 15.0. The molecule has 2 aliphatic rings. The van der Waals surface area contributed by atoms with Gasteiger partial charge in [0.25, 0.3) is 0 Å². The van der Waals surface area contributed by atoms with E-state index in [9.17, 15) is 4.79 Å². The van der Waals surface area contributed by atoms with Gasteiger partial charge in [-0.1, -0.05) is 49.6 Å². The lowest BCUT2D eigenvalue weighted by atomic mass is 9.95. The fourth-order valence-corrected chi connectivity index (χ4v) is 4.07. The van der Waals surface area contributed by atoms with Crippen molar-refractivity contribution in [1.29, 1.82) is 0 Å². The smallest absolute Gasteiger partial charge is 0.407 e. The van der Waals surface area contributed by atoms with Gasteiger partial charge in [-0.3, -0.25) is 0 Å². The van der Waals surface area contributed by atoms with Crippen LogP contribution in [0, 0.1) is 0 Å². The minimum absolute atomic E-state index is 0.282. The number of nitrogens with one attached hydrogen (secondary N) is 2. The van der Waals surface area contributed by atoms with E-state index >= 15 is 0 Å². The van der Waals surface area contributed by atoms with E-state index in [1.54, 1.807) is 0 Å². The number of hydrogen-bond donors (Lipinski definition) is 3. The molecule has 138 valence electrons. The number of amides is 1. The largest absolute Gasteiger partial charge is 0.465 e. The van der Waals surface area contributed by atoms with E-state index < -0.39 is 6.09 Å². The molecule has 2 fully saturated rings. The van der Waals surface area contributed by atoms with Crippen molar-refractivity contribution in [3.8, 4) is 0 Å². The van der Waals surface area contributed by atoms with Gasteiger partial charge in [0.2, 0.25) is 0 Å². The highest BCUT2D eigenvalue weighted by Gasteiger charge is 2.25. The Bertz CT molecular complexity index is 523. The zero-order valence-corrected chi connectivity index (χ0v) is 15.0. The molecule has 1 aromatic carbocycles. The summed E-state index contributed by atoms with van der Waals surface area (Å²) in [5.41, 5.74) is 1.31. The highest BCUT2D eigenvalue weighted by Crippen LogP contribution is 2.20. The first kappa shape index (κ1) is 18.2. The Morgan fingerprint density at radius 2 is 1.72 bits per heavy atom. The van der Waals surface area contributed by atoms with Crippen molar-refractivity contribution >= 4 is 6.09 Å². The number of likely N-dealkylation sites (tertiary alicyclic amines) is 1. The van der Waals surface area contributed by atoms with Gasteiger partial charge < -0.3 is 20.6 Å². The molecule has 0 bridgehead atoms. The maximum absolute atomic E-state index is 11.1. The number of benzene rings is 1. The van der Waals surface area contributed by atoms with Crippen LogP contribution in [-0.4, -0.2) is 47.8 Å². The van der Waals surface area contributed by atoms with Gasteiger partial charge >= 0.3 is 6.09 Å². The maximum atomic E-state index is 11.1. The summed E-state index contributed by atoms with van der Waals surface area (Å²) in [5.74, 6) is 0. The number of carboxylic acid groups (broad SMARTS) is 1. The molecule has 1 heterocycles. The molecule has 5 heteroatoms. The molecule has 1 aliphatic heterocycles. The van der Waals surface area contributed by atoms with E-state index in [1.807, 2.05) is 0 Å². The number of rotatable bonds is 6.